The van der Waals surface area contributed by atoms with Gasteiger partial charge in [0.2, 0.25) is 5.91 Å². The number of rotatable bonds is 9. The van der Waals surface area contributed by atoms with Gasteiger partial charge in [0.15, 0.2) is 6.10 Å². The number of nitrogens with zero attached hydrogens (tertiary/aromatic N) is 2. The van der Waals surface area contributed by atoms with Crippen LogP contribution in [0.4, 0.5) is 0 Å². The second-order valence-electron chi connectivity index (χ2n) is 9.35. The number of aromatic nitrogens is 1. The van der Waals surface area contributed by atoms with E-state index in [2.05, 4.69) is 15.6 Å². The Bertz CT molecular complexity index is 1260. The second-order valence-corrected chi connectivity index (χ2v) is 10.7. The molecule has 1 saturated heterocycles. The average Bonchev–Trinajstić information content (AvgIpc) is 3.33. The predicted octanol–water partition coefficient (Wildman–Crippen LogP) is 2.70. The zero-order valence-electron chi connectivity index (χ0n) is 21.4. The van der Waals surface area contributed by atoms with E-state index in [9.17, 15) is 19.5 Å². The Balaban J connectivity index is 1.50. The Kier molecular flexibility index (Phi) is 9.15. The Hall–Kier alpha value is -3.69. The van der Waals surface area contributed by atoms with Crippen LogP contribution in [0.5, 0.6) is 0 Å². The fourth-order valence-electron chi connectivity index (χ4n) is 4.48. The highest BCUT2D eigenvalue weighted by molar-refractivity contribution is 8.00. The molecule has 0 aliphatic carbocycles. The SMILES string of the molecule is Cc1ccccc1CNC(=O)[C@@H]1C(C)SCN1C(=O)[C@@H](O)[C@H](Cc1ccccc1)NC(=O)c1ccncc1. The van der Waals surface area contributed by atoms with Gasteiger partial charge < -0.3 is 20.6 Å². The number of amides is 3. The third-order valence-electron chi connectivity index (χ3n) is 6.71. The minimum absolute atomic E-state index is 0.151. The third-order valence-corrected chi connectivity index (χ3v) is 7.93. The van der Waals surface area contributed by atoms with Crippen molar-refractivity contribution in [1.29, 1.82) is 0 Å². The second kappa shape index (κ2) is 12.7. The lowest BCUT2D eigenvalue weighted by molar-refractivity contribution is -0.146. The summed E-state index contributed by atoms with van der Waals surface area (Å²) < 4.78 is 0. The van der Waals surface area contributed by atoms with E-state index in [1.54, 1.807) is 12.1 Å². The van der Waals surface area contributed by atoms with E-state index in [1.165, 1.54) is 29.1 Å². The lowest BCUT2D eigenvalue weighted by Gasteiger charge is -2.30. The fraction of sp³-hybridized carbons (Fsp3) is 0.310. The van der Waals surface area contributed by atoms with Crippen LogP contribution in [0.2, 0.25) is 0 Å². The molecule has 9 heteroatoms. The molecule has 3 aromatic rings. The first-order valence-corrected chi connectivity index (χ1v) is 13.6. The molecule has 198 valence electrons. The van der Waals surface area contributed by atoms with Gasteiger partial charge >= 0.3 is 0 Å². The van der Waals surface area contributed by atoms with Crippen LogP contribution in [-0.4, -0.2) is 62.0 Å². The summed E-state index contributed by atoms with van der Waals surface area (Å²) >= 11 is 1.48. The van der Waals surface area contributed by atoms with Gasteiger partial charge in [0.25, 0.3) is 11.8 Å². The number of aryl methyl sites for hydroxylation is 1. The minimum atomic E-state index is -1.54. The number of carbonyl (C=O) groups is 3. The molecule has 2 heterocycles. The first kappa shape index (κ1) is 27.3. The summed E-state index contributed by atoms with van der Waals surface area (Å²) in [4.78, 5) is 45.1. The van der Waals surface area contributed by atoms with E-state index in [-0.39, 0.29) is 23.5 Å². The largest absolute Gasteiger partial charge is 0.381 e. The van der Waals surface area contributed by atoms with Crippen molar-refractivity contribution in [2.24, 2.45) is 0 Å². The summed E-state index contributed by atoms with van der Waals surface area (Å²) in [6, 6.07) is 18.6. The summed E-state index contributed by atoms with van der Waals surface area (Å²) in [5.41, 5.74) is 3.30. The van der Waals surface area contributed by atoms with Gasteiger partial charge in [0.05, 0.1) is 11.9 Å². The molecule has 1 aromatic heterocycles. The van der Waals surface area contributed by atoms with E-state index in [0.717, 1.165) is 16.7 Å². The van der Waals surface area contributed by atoms with Crippen molar-refractivity contribution < 1.29 is 19.5 Å². The molecule has 4 atom stereocenters. The van der Waals surface area contributed by atoms with Gasteiger partial charge in [-0.15, -0.1) is 11.8 Å². The van der Waals surface area contributed by atoms with Gasteiger partial charge in [-0.05, 0) is 42.2 Å². The number of aliphatic hydroxyl groups is 1. The number of benzene rings is 2. The zero-order valence-corrected chi connectivity index (χ0v) is 22.2. The van der Waals surface area contributed by atoms with Gasteiger partial charge in [-0.1, -0.05) is 61.5 Å². The molecule has 1 aliphatic heterocycles. The van der Waals surface area contributed by atoms with Crippen LogP contribution in [0.3, 0.4) is 0 Å². The van der Waals surface area contributed by atoms with Crippen LogP contribution in [0.15, 0.2) is 79.1 Å². The van der Waals surface area contributed by atoms with Crippen molar-refractivity contribution in [2.75, 3.05) is 5.88 Å². The third kappa shape index (κ3) is 6.59. The molecule has 3 amide bonds. The normalized spacial score (nSPS) is 18.4. The van der Waals surface area contributed by atoms with Crippen LogP contribution >= 0.6 is 11.8 Å². The fourth-order valence-corrected chi connectivity index (χ4v) is 5.62. The van der Waals surface area contributed by atoms with Crippen LogP contribution in [-0.2, 0) is 22.6 Å². The molecule has 38 heavy (non-hydrogen) atoms. The predicted molar refractivity (Wildman–Crippen MR) is 147 cm³/mol. The molecule has 0 radical (unpaired) electrons. The molecule has 0 bridgehead atoms. The van der Waals surface area contributed by atoms with Gasteiger partial charge in [-0.3, -0.25) is 19.4 Å². The highest BCUT2D eigenvalue weighted by atomic mass is 32.2. The molecular weight excluding hydrogens is 500 g/mol. The molecule has 0 spiro atoms. The van der Waals surface area contributed by atoms with E-state index in [1.807, 2.05) is 68.4 Å². The maximum atomic E-state index is 13.6. The highest BCUT2D eigenvalue weighted by Crippen LogP contribution is 2.30. The van der Waals surface area contributed by atoms with E-state index in [0.29, 0.717) is 12.1 Å². The molecule has 0 saturated carbocycles. The van der Waals surface area contributed by atoms with E-state index in [4.69, 9.17) is 0 Å². The standard InChI is InChI=1S/C29H32N4O4S/c1-19-8-6-7-11-23(19)17-31-28(36)25-20(2)38-18-33(25)29(37)26(34)24(16-21-9-4-3-5-10-21)32-27(35)22-12-14-30-15-13-22/h3-15,20,24-26,34H,16-18H2,1-2H3,(H,31,36)(H,32,35)/t20?,24-,25-,26-/m0/s1. The quantitative estimate of drug-likeness (QED) is 0.391. The van der Waals surface area contributed by atoms with Crippen LogP contribution in [0, 0.1) is 6.92 Å². The van der Waals surface area contributed by atoms with Gasteiger partial charge in [0.1, 0.15) is 6.04 Å². The summed E-state index contributed by atoms with van der Waals surface area (Å²) in [5, 5.41) is 16.9. The molecule has 1 fully saturated rings. The molecule has 8 nitrogen and oxygen atoms in total. The maximum Gasteiger partial charge on any atom is 0.254 e. The van der Waals surface area contributed by atoms with Crippen LogP contribution in [0.1, 0.15) is 34.0 Å². The molecule has 2 aromatic carbocycles. The number of nitrogens with one attached hydrogen (secondary N) is 2. The summed E-state index contributed by atoms with van der Waals surface area (Å²) in [6.45, 7) is 4.23. The first-order valence-electron chi connectivity index (χ1n) is 12.5. The highest BCUT2D eigenvalue weighted by Gasteiger charge is 2.43. The van der Waals surface area contributed by atoms with Crippen LogP contribution < -0.4 is 10.6 Å². The topological polar surface area (TPSA) is 112 Å². The Morgan fingerprint density at radius 2 is 1.74 bits per heavy atom. The molecule has 1 aliphatic rings. The van der Waals surface area contributed by atoms with Crippen molar-refractivity contribution >= 4 is 29.5 Å². The first-order chi connectivity index (χ1) is 18.3. The van der Waals surface area contributed by atoms with Crippen molar-refractivity contribution in [3.63, 3.8) is 0 Å². The molecule has 1 unspecified atom stereocenters. The average molecular weight is 533 g/mol. The summed E-state index contributed by atoms with van der Waals surface area (Å²) in [6.07, 6.45) is 1.71. The number of pyridine rings is 1. The van der Waals surface area contributed by atoms with Crippen LogP contribution in [0.25, 0.3) is 0 Å². The molecule has 3 N–H and O–H groups in total. The molecule has 4 rings (SSSR count). The van der Waals surface area contributed by atoms with Crippen molar-refractivity contribution in [3.05, 3.63) is 101 Å². The lowest BCUT2D eigenvalue weighted by atomic mass is 9.99. The minimum Gasteiger partial charge on any atom is -0.381 e. The number of hydrogen-bond donors (Lipinski definition) is 3. The number of thioether (sulfide) groups is 1. The Labute approximate surface area is 226 Å². The molecular formula is C29H32N4O4S. The number of carbonyl (C=O) groups excluding carboxylic acids is 3. The maximum absolute atomic E-state index is 13.6. The number of hydrogen-bond acceptors (Lipinski definition) is 6. The summed E-state index contributed by atoms with van der Waals surface area (Å²) in [7, 11) is 0. The van der Waals surface area contributed by atoms with Gasteiger partial charge in [-0.2, -0.15) is 0 Å². The lowest BCUT2D eigenvalue weighted by Crippen LogP contribution is -2.57. The van der Waals surface area contributed by atoms with Crippen molar-refractivity contribution in [2.45, 2.75) is 50.3 Å². The Morgan fingerprint density at radius 3 is 2.45 bits per heavy atom. The van der Waals surface area contributed by atoms with E-state index >= 15 is 0 Å². The van der Waals surface area contributed by atoms with Gasteiger partial charge in [-0.25, -0.2) is 0 Å². The van der Waals surface area contributed by atoms with Crippen molar-refractivity contribution in [1.82, 2.24) is 20.5 Å². The smallest absolute Gasteiger partial charge is 0.254 e. The van der Waals surface area contributed by atoms with Gasteiger partial charge in [0, 0.05) is 29.8 Å². The summed E-state index contributed by atoms with van der Waals surface area (Å²) in [5.74, 6) is -1.01. The monoisotopic (exact) mass is 532 g/mol. The Morgan fingerprint density at radius 1 is 1.05 bits per heavy atom. The van der Waals surface area contributed by atoms with Crippen molar-refractivity contribution in [3.8, 4) is 0 Å². The zero-order chi connectivity index (χ0) is 27.1. The number of aliphatic hydroxyl groups excluding tert-OH is 1. The van der Waals surface area contributed by atoms with E-state index < -0.39 is 30.0 Å².